The number of ether oxygens (including phenoxy) is 1. The summed E-state index contributed by atoms with van der Waals surface area (Å²) in [5.41, 5.74) is -0.234. The van der Waals surface area contributed by atoms with Crippen LogP contribution >= 0.6 is 0 Å². The molecule has 1 aliphatic rings. The number of hydrogen-bond donors (Lipinski definition) is 5. The quantitative estimate of drug-likeness (QED) is 0.242. The van der Waals surface area contributed by atoms with Crippen LogP contribution in [0, 0.1) is 5.92 Å². The van der Waals surface area contributed by atoms with E-state index < -0.39 is 59.9 Å². The first-order valence-electron chi connectivity index (χ1n) is 13.1. The number of H-pyrrole nitrogens is 1. The van der Waals surface area contributed by atoms with E-state index in [0.717, 1.165) is 4.90 Å². The van der Waals surface area contributed by atoms with Gasteiger partial charge >= 0.3 is 12.1 Å². The number of carboxylic acids is 1. The molecule has 0 bridgehead atoms. The fraction of sp³-hybridized carbons (Fsp3) is 0.560. The number of hydrogen-bond acceptors (Lipinski definition) is 10. The zero-order valence-electron chi connectivity index (χ0n) is 23.5. The fourth-order valence-electron chi connectivity index (χ4n) is 4.20. The van der Waals surface area contributed by atoms with Gasteiger partial charge in [0.05, 0.1) is 13.0 Å². The van der Waals surface area contributed by atoms with Gasteiger partial charge in [-0.25, -0.2) is 9.78 Å². The minimum Gasteiger partial charge on any atom is -0.481 e. The average Bonchev–Trinajstić information content (AvgIpc) is 3.56. The van der Waals surface area contributed by atoms with Crippen LogP contribution in [0.15, 0.2) is 18.3 Å². The van der Waals surface area contributed by atoms with Gasteiger partial charge in [0, 0.05) is 12.6 Å². The van der Waals surface area contributed by atoms with Crippen molar-refractivity contribution in [2.45, 2.75) is 84.2 Å². The Morgan fingerprint density at radius 2 is 1.95 bits per heavy atom. The molecule has 0 spiro atoms. The summed E-state index contributed by atoms with van der Waals surface area (Å²) in [4.78, 5) is 70.0. The number of carboxylic acid groups (broad SMARTS) is 1. The van der Waals surface area contributed by atoms with Crippen LogP contribution < -0.4 is 20.9 Å². The van der Waals surface area contributed by atoms with Crippen LogP contribution in [0.2, 0.25) is 0 Å². The van der Waals surface area contributed by atoms with Gasteiger partial charge in [-0.05, 0) is 38.3 Å². The third kappa shape index (κ3) is 8.18. The maximum absolute atomic E-state index is 13.9. The van der Waals surface area contributed by atoms with Crippen LogP contribution in [0.25, 0.3) is 0 Å². The highest BCUT2D eigenvalue weighted by atomic mass is 16.6. The van der Waals surface area contributed by atoms with Gasteiger partial charge < -0.3 is 25.8 Å². The topological polar surface area (TPSA) is 221 Å². The summed E-state index contributed by atoms with van der Waals surface area (Å²) in [5, 5.41) is 30.5. The van der Waals surface area contributed by atoms with Crippen molar-refractivity contribution in [3.8, 4) is 0 Å². The van der Waals surface area contributed by atoms with Crippen LogP contribution in [0.4, 0.5) is 10.6 Å². The molecule has 2 aromatic rings. The lowest BCUT2D eigenvalue weighted by molar-refractivity contribution is -0.140. The number of alkyl carbamates (subject to hydrolysis) is 1. The largest absolute Gasteiger partial charge is 0.481 e. The van der Waals surface area contributed by atoms with Crippen molar-refractivity contribution in [1.29, 1.82) is 0 Å². The van der Waals surface area contributed by atoms with Crippen LogP contribution in [-0.4, -0.2) is 84.2 Å². The summed E-state index contributed by atoms with van der Waals surface area (Å²) in [7, 11) is 0. The van der Waals surface area contributed by atoms with Crippen molar-refractivity contribution in [1.82, 2.24) is 41.6 Å². The molecule has 2 unspecified atom stereocenters. The highest BCUT2D eigenvalue weighted by Crippen LogP contribution is 2.31. The molecule has 3 rings (SSSR count). The first kappa shape index (κ1) is 30.9. The molecule has 0 fully saturated rings. The molecule has 222 valence electrons. The van der Waals surface area contributed by atoms with Gasteiger partial charge in [0.2, 0.25) is 11.8 Å². The second-order valence-corrected chi connectivity index (χ2v) is 10.6. The van der Waals surface area contributed by atoms with Crippen molar-refractivity contribution in [3.05, 3.63) is 29.7 Å². The highest BCUT2D eigenvalue weighted by Gasteiger charge is 2.43. The minimum atomic E-state index is -1.58. The van der Waals surface area contributed by atoms with E-state index in [1.807, 2.05) is 6.92 Å². The van der Waals surface area contributed by atoms with E-state index in [0.29, 0.717) is 12.0 Å². The number of anilines is 1. The zero-order chi connectivity index (χ0) is 30.3. The number of fused-ring (bicyclic) bond motifs is 1. The summed E-state index contributed by atoms with van der Waals surface area (Å²) in [6, 6.07) is -0.442. The van der Waals surface area contributed by atoms with E-state index in [1.54, 1.807) is 39.8 Å². The summed E-state index contributed by atoms with van der Waals surface area (Å²) < 4.78 is 5.27. The van der Waals surface area contributed by atoms with Crippen molar-refractivity contribution >= 4 is 35.6 Å². The zero-order valence-corrected chi connectivity index (χ0v) is 23.5. The second-order valence-electron chi connectivity index (χ2n) is 10.6. The van der Waals surface area contributed by atoms with Crippen LogP contribution in [0.3, 0.4) is 0 Å². The molecule has 41 heavy (non-hydrogen) atoms. The Bertz CT molecular complexity index is 1260. The molecule has 0 aromatic carbocycles. The van der Waals surface area contributed by atoms with Gasteiger partial charge in [0.1, 0.15) is 29.5 Å². The number of aliphatic carboxylic acids is 1. The summed E-state index contributed by atoms with van der Waals surface area (Å²) >= 11 is 0. The molecular weight excluding hydrogens is 538 g/mol. The van der Waals surface area contributed by atoms with E-state index in [1.165, 1.54) is 6.20 Å². The van der Waals surface area contributed by atoms with Gasteiger partial charge in [0.25, 0.3) is 5.91 Å². The molecule has 0 saturated carbocycles. The van der Waals surface area contributed by atoms with E-state index in [9.17, 15) is 29.1 Å². The number of aromatic nitrogens is 5. The normalized spacial score (nSPS) is 16.6. The van der Waals surface area contributed by atoms with E-state index >= 15 is 0 Å². The Hall–Kier alpha value is -4.63. The Morgan fingerprint density at radius 3 is 2.56 bits per heavy atom. The molecule has 2 aromatic heterocycles. The monoisotopic (exact) mass is 573 g/mol. The number of carbonyl (C=O) groups excluding carboxylic acids is 4. The average molecular weight is 574 g/mol. The Balaban J connectivity index is 1.86. The van der Waals surface area contributed by atoms with Gasteiger partial charge in [-0.1, -0.05) is 31.5 Å². The molecule has 16 nitrogen and oxygen atoms in total. The summed E-state index contributed by atoms with van der Waals surface area (Å²) in [6.07, 6.45) is 0.413. The molecule has 0 saturated heterocycles. The van der Waals surface area contributed by atoms with Gasteiger partial charge in [0.15, 0.2) is 5.82 Å². The Morgan fingerprint density at radius 1 is 1.22 bits per heavy atom. The molecule has 5 N–H and O–H groups in total. The number of carbonyl (C=O) groups is 5. The molecular formula is C25H35N9O7. The van der Waals surface area contributed by atoms with Crippen molar-refractivity contribution in [3.63, 3.8) is 0 Å². The summed E-state index contributed by atoms with van der Waals surface area (Å²) in [6.45, 7) is 8.47. The lowest BCUT2D eigenvalue weighted by atomic mass is 9.98. The van der Waals surface area contributed by atoms with Crippen molar-refractivity contribution < 1.29 is 33.8 Å². The number of tetrazole rings is 1. The SMILES string of the molecule is CC[C@H](C)[C@H](NC(=O)OC(C)(C)C)C(=O)NC(CC(=O)O)C(=O)N1c2ncccc2CC1C(=O)NCc1nn[nH]n1. The van der Waals surface area contributed by atoms with Gasteiger partial charge in [-0.3, -0.25) is 24.1 Å². The van der Waals surface area contributed by atoms with Crippen LogP contribution in [0.5, 0.6) is 0 Å². The lowest BCUT2D eigenvalue weighted by Gasteiger charge is -2.30. The number of amides is 4. The van der Waals surface area contributed by atoms with E-state index in [2.05, 4.69) is 41.6 Å². The number of rotatable bonds is 11. The van der Waals surface area contributed by atoms with Crippen LogP contribution in [-0.2, 0) is 36.9 Å². The first-order chi connectivity index (χ1) is 19.3. The van der Waals surface area contributed by atoms with Crippen molar-refractivity contribution in [2.24, 2.45) is 5.92 Å². The molecule has 1 aliphatic heterocycles. The fourth-order valence-corrected chi connectivity index (χ4v) is 4.20. The maximum Gasteiger partial charge on any atom is 0.408 e. The lowest BCUT2D eigenvalue weighted by Crippen LogP contribution is -2.59. The van der Waals surface area contributed by atoms with E-state index in [4.69, 9.17) is 4.74 Å². The van der Waals surface area contributed by atoms with Gasteiger partial charge in [-0.15, -0.1) is 10.2 Å². The third-order valence-corrected chi connectivity index (χ3v) is 6.33. The van der Waals surface area contributed by atoms with E-state index in [-0.39, 0.29) is 30.5 Å². The second kappa shape index (κ2) is 13.1. The molecule has 4 atom stereocenters. The smallest absolute Gasteiger partial charge is 0.408 e. The third-order valence-electron chi connectivity index (χ3n) is 6.33. The molecule has 0 aliphatic carbocycles. The summed E-state index contributed by atoms with van der Waals surface area (Å²) in [5.74, 6) is -3.54. The predicted molar refractivity (Wildman–Crippen MR) is 142 cm³/mol. The molecule has 3 heterocycles. The highest BCUT2D eigenvalue weighted by molar-refractivity contribution is 6.07. The molecule has 0 radical (unpaired) electrons. The number of nitrogens with zero attached hydrogens (tertiary/aromatic N) is 5. The molecule has 4 amide bonds. The first-order valence-corrected chi connectivity index (χ1v) is 13.1. The Labute approximate surface area is 236 Å². The minimum absolute atomic E-state index is 0.0696. The predicted octanol–water partition coefficient (Wildman–Crippen LogP) is 0.0677. The number of pyridine rings is 1. The standard InChI is InChI=1S/C25H35N9O7/c1-6-13(2)19(29-24(40)41-25(3,4)5)22(38)28-15(11-18(35)36)23(39)34-16(10-14-8-7-9-26-20(14)34)21(37)27-12-17-30-32-33-31-17/h7-9,13,15-16,19H,6,10-12H2,1-5H3,(H,27,37)(H,28,38)(H,29,40)(H,35,36)(H,30,31,32,33)/t13-,15?,16?,19-/m0/s1. The van der Waals surface area contributed by atoms with Crippen LogP contribution in [0.1, 0.15) is 58.8 Å². The number of aromatic amines is 1. The van der Waals surface area contributed by atoms with Gasteiger partial charge in [-0.2, -0.15) is 5.21 Å². The Kier molecular flexibility index (Phi) is 9.91. The van der Waals surface area contributed by atoms with Crippen molar-refractivity contribution in [2.75, 3.05) is 4.90 Å². The maximum atomic E-state index is 13.9. The number of nitrogens with one attached hydrogen (secondary N) is 4. The molecule has 16 heteroatoms.